The summed E-state index contributed by atoms with van der Waals surface area (Å²) in [6.07, 6.45) is 5.91. The van der Waals surface area contributed by atoms with Crippen LogP contribution in [0.3, 0.4) is 0 Å². The molecule has 0 aliphatic heterocycles. The third kappa shape index (κ3) is 5.89. The highest BCUT2D eigenvalue weighted by Gasteiger charge is 2.07. The molecule has 3 heterocycles. The van der Waals surface area contributed by atoms with E-state index in [9.17, 15) is 0 Å². The maximum Gasteiger partial charge on any atom is 0.191 e. The molecule has 0 unspecified atom stereocenters. The fourth-order valence-corrected chi connectivity index (χ4v) is 2.68. The average Bonchev–Trinajstić information content (AvgIpc) is 3.07. The van der Waals surface area contributed by atoms with Gasteiger partial charge in [0.15, 0.2) is 11.6 Å². The second-order valence-electron chi connectivity index (χ2n) is 5.82. The normalized spacial score (nSPS) is 11.2. The van der Waals surface area contributed by atoms with Gasteiger partial charge in [0.05, 0.1) is 11.6 Å². The van der Waals surface area contributed by atoms with Crippen molar-refractivity contribution in [2.24, 2.45) is 12.0 Å². The monoisotopic (exact) mass is 515 g/mol. The number of anilines is 1. The Morgan fingerprint density at radius 3 is 2.68 bits per heavy atom. The molecule has 3 aromatic rings. The first-order valence-corrected chi connectivity index (χ1v) is 8.96. The van der Waals surface area contributed by atoms with Gasteiger partial charge in [0, 0.05) is 39.9 Å². The highest BCUT2D eigenvalue weighted by Crippen LogP contribution is 2.16. The molecular weight excluding hydrogens is 493 g/mol. The molecule has 11 heteroatoms. The van der Waals surface area contributed by atoms with E-state index in [1.165, 1.54) is 6.33 Å². The van der Waals surface area contributed by atoms with E-state index >= 15 is 0 Å². The van der Waals surface area contributed by atoms with Crippen LogP contribution < -0.4 is 16.0 Å². The van der Waals surface area contributed by atoms with E-state index in [-0.39, 0.29) is 24.0 Å². The lowest BCUT2D eigenvalue weighted by Crippen LogP contribution is -2.40. The molecule has 3 N–H and O–H groups in total. The van der Waals surface area contributed by atoms with Crippen molar-refractivity contribution >= 4 is 58.4 Å². The number of nitrogens with zero attached hydrogens (tertiary/aromatic N) is 6. The summed E-state index contributed by atoms with van der Waals surface area (Å²) >= 11 is 5.79. The summed E-state index contributed by atoms with van der Waals surface area (Å²) in [6, 6.07) is 3.76. The zero-order chi connectivity index (χ0) is 19.1. The number of aromatic nitrogens is 5. The van der Waals surface area contributed by atoms with Gasteiger partial charge in [-0.1, -0.05) is 17.7 Å². The Kier molecular flexibility index (Phi) is 8.64. The predicted octanol–water partition coefficient (Wildman–Crippen LogP) is 1.85. The second kappa shape index (κ2) is 11.0. The van der Waals surface area contributed by atoms with Crippen LogP contribution in [0.1, 0.15) is 5.56 Å². The molecule has 0 bridgehead atoms. The Morgan fingerprint density at radius 2 is 1.93 bits per heavy atom. The van der Waals surface area contributed by atoms with Crippen molar-refractivity contribution in [1.29, 1.82) is 0 Å². The number of hydrogen-bond donors (Lipinski definition) is 3. The van der Waals surface area contributed by atoms with E-state index in [0.29, 0.717) is 18.2 Å². The number of nitrogens with one attached hydrogen (secondary N) is 3. The number of halogens is 2. The van der Waals surface area contributed by atoms with Crippen LogP contribution in [0.15, 0.2) is 35.8 Å². The number of fused-ring (bicyclic) bond motifs is 1. The summed E-state index contributed by atoms with van der Waals surface area (Å²) in [5.41, 5.74) is 1.92. The quantitative estimate of drug-likeness (QED) is 0.145. The van der Waals surface area contributed by atoms with Gasteiger partial charge in [-0.25, -0.2) is 15.0 Å². The van der Waals surface area contributed by atoms with Crippen molar-refractivity contribution < 1.29 is 0 Å². The molecule has 0 atom stereocenters. The molecule has 3 rings (SSSR count). The number of hydrogen-bond acceptors (Lipinski definition) is 6. The van der Waals surface area contributed by atoms with Crippen molar-refractivity contribution in [3.63, 3.8) is 0 Å². The van der Waals surface area contributed by atoms with Crippen molar-refractivity contribution in [1.82, 2.24) is 35.4 Å². The number of guanidine groups is 1. The molecule has 0 aliphatic rings. The molecule has 0 amide bonds. The van der Waals surface area contributed by atoms with E-state index < -0.39 is 0 Å². The standard InChI is InChI=1S/C17H22ClN9.HI/c1-19-17(21-6-5-12-3-4-14(18)23-9-12)22-8-7-20-15-13-10-26-27(2)16(13)25-11-24-15;/h3-4,9-11H,5-8H2,1-2H3,(H2,19,21,22)(H,20,24,25);1H. The van der Waals surface area contributed by atoms with Gasteiger partial charge in [0.2, 0.25) is 0 Å². The Bertz CT molecular complexity index is 911. The molecular formula is C17H23ClIN9. The third-order valence-corrected chi connectivity index (χ3v) is 4.18. The third-order valence-electron chi connectivity index (χ3n) is 3.96. The minimum Gasteiger partial charge on any atom is -0.368 e. The summed E-state index contributed by atoms with van der Waals surface area (Å²) in [6.45, 7) is 2.12. The minimum absolute atomic E-state index is 0. The van der Waals surface area contributed by atoms with Crippen molar-refractivity contribution in [3.8, 4) is 0 Å². The van der Waals surface area contributed by atoms with Gasteiger partial charge in [-0.05, 0) is 18.1 Å². The molecule has 3 aromatic heterocycles. The number of rotatable bonds is 7. The van der Waals surface area contributed by atoms with Crippen molar-refractivity contribution in [3.05, 3.63) is 41.6 Å². The maximum atomic E-state index is 5.79. The van der Waals surface area contributed by atoms with E-state index in [0.717, 1.165) is 41.3 Å². The number of pyridine rings is 1. The molecule has 9 nitrogen and oxygen atoms in total. The van der Waals surface area contributed by atoms with Gasteiger partial charge >= 0.3 is 0 Å². The average molecular weight is 516 g/mol. The smallest absolute Gasteiger partial charge is 0.191 e. The van der Waals surface area contributed by atoms with E-state index in [2.05, 4.69) is 41.0 Å². The highest BCUT2D eigenvalue weighted by molar-refractivity contribution is 14.0. The first kappa shape index (κ1) is 22.1. The van der Waals surface area contributed by atoms with Crippen molar-refractivity contribution in [2.75, 3.05) is 32.0 Å². The molecule has 0 spiro atoms. The topological polar surface area (TPSA) is 105 Å². The van der Waals surface area contributed by atoms with Crippen LogP contribution in [0.25, 0.3) is 11.0 Å². The molecule has 0 aliphatic carbocycles. The summed E-state index contributed by atoms with van der Waals surface area (Å²) in [7, 11) is 3.60. The lowest BCUT2D eigenvalue weighted by Gasteiger charge is -2.12. The zero-order valence-corrected chi connectivity index (χ0v) is 18.8. The Labute approximate surface area is 185 Å². The number of aliphatic imine (C=N–C) groups is 1. The van der Waals surface area contributed by atoms with Gasteiger partial charge < -0.3 is 16.0 Å². The van der Waals surface area contributed by atoms with Crippen LogP contribution in [-0.4, -0.2) is 57.4 Å². The SMILES string of the molecule is CN=C(NCCNc1ncnc2c1cnn2C)NCCc1ccc(Cl)nc1.I. The highest BCUT2D eigenvalue weighted by atomic mass is 127. The van der Waals surface area contributed by atoms with Crippen LogP contribution in [0.2, 0.25) is 5.15 Å². The van der Waals surface area contributed by atoms with Crippen molar-refractivity contribution in [2.45, 2.75) is 6.42 Å². The fourth-order valence-electron chi connectivity index (χ4n) is 2.56. The predicted molar refractivity (Wildman–Crippen MR) is 123 cm³/mol. The van der Waals surface area contributed by atoms with E-state index in [1.54, 1.807) is 30.2 Å². The summed E-state index contributed by atoms with van der Waals surface area (Å²) in [5.74, 6) is 1.51. The fraction of sp³-hybridized carbons (Fsp3) is 0.353. The summed E-state index contributed by atoms with van der Waals surface area (Å²) in [5, 5.41) is 15.4. The first-order valence-electron chi connectivity index (χ1n) is 8.59. The Hall–Kier alpha value is -2.21. The Balaban J connectivity index is 0.00000280. The van der Waals surface area contributed by atoms with Crippen LogP contribution >= 0.6 is 35.6 Å². The molecule has 0 fully saturated rings. The molecule has 0 aromatic carbocycles. The van der Waals surface area contributed by atoms with Gasteiger partial charge in [-0.2, -0.15) is 5.10 Å². The summed E-state index contributed by atoms with van der Waals surface area (Å²) in [4.78, 5) is 16.8. The number of aryl methyl sites for hydroxylation is 1. The lowest BCUT2D eigenvalue weighted by molar-refractivity contribution is 0.785. The second-order valence-corrected chi connectivity index (χ2v) is 6.21. The zero-order valence-electron chi connectivity index (χ0n) is 15.7. The molecule has 0 saturated carbocycles. The van der Waals surface area contributed by atoms with Crippen LogP contribution in [0.5, 0.6) is 0 Å². The molecule has 0 saturated heterocycles. The largest absolute Gasteiger partial charge is 0.368 e. The summed E-state index contributed by atoms with van der Waals surface area (Å²) < 4.78 is 1.72. The van der Waals surface area contributed by atoms with E-state index in [4.69, 9.17) is 11.6 Å². The lowest BCUT2D eigenvalue weighted by atomic mass is 10.2. The van der Waals surface area contributed by atoms with Crippen LogP contribution in [0.4, 0.5) is 5.82 Å². The van der Waals surface area contributed by atoms with Gasteiger partial charge in [-0.3, -0.25) is 9.67 Å². The van der Waals surface area contributed by atoms with Crippen LogP contribution in [0, 0.1) is 0 Å². The Morgan fingerprint density at radius 1 is 1.11 bits per heavy atom. The van der Waals surface area contributed by atoms with Gasteiger partial charge in [-0.15, -0.1) is 24.0 Å². The molecule has 0 radical (unpaired) electrons. The van der Waals surface area contributed by atoms with Gasteiger partial charge in [0.25, 0.3) is 0 Å². The molecule has 150 valence electrons. The van der Waals surface area contributed by atoms with E-state index in [1.807, 2.05) is 13.1 Å². The van der Waals surface area contributed by atoms with Gasteiger partial charge in [0.1, 0.15) is 17.3 Å². The molecule has 28 heavy (non-hydrogen) atoms. The first-order chi connectivity index (χ1) is 13.2. The van der Waals surface area contributed by atoms with Crippen LogP contribution in [-0.2, 0) is 13.5 Å². The minimum atomic E-state index is 0. The maximum absolute atomic E-state index is 5.79.